The van der Waals surface area contributed by atoms with Gasteiger partial charge in [-0.25, -0.2) is 13.4 Å². The van der Waals surface area contributed by atoms with E-state index in [1.807, 2.05) is 0 Å². The van der Waals surface area contributed by atoms with E-state index in [1.165, 1.54) is 51.2 Å². The second-order valence-corrected chi connectivity index (χ2v) is 8.13. The summed E-state index contributed by atoms with van der Waals surface area (Å²) < 4.78 is 23.3. The van der Waals surface area contributed by atoms with E-state index in [0.717, 1.165) is 16.9 Å². The first-order valence-electron chi connectivity index (χ1n) is 7.74. The molecule has 0 amide bonds. The average Bonchev–Trinajstić information content (AvgIpc) is 2.79. The first-order valence-corrected chi connectivity index (χ1v) is 9.63. The fraction of sp³-hybridized carbons (Fsp3) is 0.562. The van der Waals surface area contributed by atoms with Gasteiger partial charge in [0.25, 0.3) is 0 Å². The van der Waals surface area contributed by atoms with Gasteiger partial charge in [-0.15, -0.1) is 0 Å². The molecule has 1 N–H and O–H groups in total. The molecule has 0 spiro atoms. The molecule has 2 aromatic rings. The molecule has 0 aliphatic heterocycles. The number of imidazole rings is 1. The van der Waals surface area contributed by atoms with Crippen molar-refractivity contribution in [3.05, 3.63) is 24.0 Å². The number of benzene rings is 1. The van der Waals surface area contributed by atoms with Crippen molar-refractivity contribution in [1.82, 2.24) is 9.97 Å². The van der Waals surface area contributed by atoms with Crippen LogP contribution in [0.3, 0.4) is 0 Å². The van der Waals surface area contributed by atoms with E-state index >= 15 is 0 Å². The van der Waals surface area contributed by atoms with Gasteiger partial charge in [-0.3, -0.25) is 0 Å². The average molecular weight is 306 g/mol. The molecule has 1 heterocycles. The van der Waals surface area contributed by atoms with Crippen molar-refractivity contribution >= 4 is 20.9 Å². The first-order chi connectivity index (χ1) is 10.0. The maximum atomic E-state index is 11.6. The van der Waals surface area contributed by atoms with Crippen LogP contribution in [0.15, 0.2) is 23.1 Å². The van der Waals surface area contributed by atoms with Gasteiger partial charge >= 0.3 is 0 Å². The van der Waals surface area contributed by atoms with Gasteiger partial charge in [-0.1, -0.05) is 32.1 Å². The second kappa shape index (κ2) is 5.79. The molecule has 1 saturated carbocycles. The number of nitrogens with one attached hydrogen (secondary N) is 1. The zero-order valence-corrected chi connectivity index (χ0v) is 13.2. The Hall–Kier alpha value is -1.36. The van der Waals surface area contributed by atoms with Gasteiger partial charge in [-0.2, -0.15) is 0 Å². The third-order valence-electron chi connectivity index (χ3n) is 4.39. The lowest BCUT2D eigenvalue weighted by Gasteiger charge is -2.17. The highest BCUT2D eigenvalue weighted by Crippen LogP contribution is 2.30. The van der Waals surface area contributed by atoms with Crippen LogP contribution in [0.1, 0.15) is 56.7 Å². The Morgan fingerprint density at radius 3 is 2.43 bits per heavy atom. The standard InChI is InChI=1S/C16H22N2O2S/c1-21(19,20)13-9-10-14-15(11-13)18-16(17-14)12-7-5-3-2-4-6-8-12/h9-12H,2-8H2,1H3,(H,17,18). The molecule has 0 bridgehead atoms. The third-order valence-corrected chi connectivity index (χ3v) is 5.50. The minimum absolute atomic E-state index is 0.350. The van der Waals surface area contributed by atoms with Crippen molar-refractivity contribution in [3.63, 3.8) is 0 Å². The molecule has 114 valence electrons. The highest BCUT2D eigenvalue weighted by atomic mass is 32.2. The number of H-pyrrole nitrogens is 1. The second-order valence-electron chi connectivity index (χ2n) is 6.12. The fourth-order valence-electron chi connectivity index (χ4n) is 3.16. The fourth-order valence-corrected chi connectivity index (χ4v) is 3.81. The van der Waals surface area contributed by atoms with E-state index < -0.39 is 9.84 Å². The molecule has 0 saturated heterocycles. The minimum atomic E-state index is -3.17. The summed E-state index contributed by atoms with van der Waals surface area (Å²) in [6, 6.07) is 5.14. The van der Waals surface area contributed by atoms with Gasteiger partial charge in [0.2, 0.25) is 0 Å². The molecule has 1 aromatic carbocycles. The van der Waals surface area contributed by atoms with E-state index in [9.17, 15) is 8.42 Å². The van der Waals surface area contributed by atoms with Crippen LogP contribution in [0.25, 0.3) is 11.0 Å². The smallest absolute Gasteiger partial charge is 0.175 e. The van der Waals surface area contributed by atoms with Crippen LogP contribution in [-0.2, 0) is 9.84 Å². The Kier molecular flexibility index (Phi) is 4.02. The van der Waals surface area contributed by atoms with Crippen LogP contribution in [0.4, 0.5) is 0 Å². The molecule has 0 atom stereocenters. The lowest BCUT2D eigenvalue weighted by Crippen LogP contribution is -2.04. The van der Waals surface area contributed by atoms with Gasteiger partial charge in [0.05, 0.1) is 15.9 Å². The topological polar surface area (TPSA) is 62.8 Å². The van der Waals surface area contributed by atoms with E-state index in [-0.39, 0.29) is 0 Å². The van der Waals surface area contributed by atoms with Crippen LogP contribution < -0.4 is 0 Å². The third kappa shape index (κ3) is 3.28. The Morgan fingerprint density at radius 2 is 1.76 bits per heavy atom. The number of aromatic nitrogens is 2. The number of fused-ring (bicyclic) bond motifs is 1. The molecular weight excluding hydrogens is 284 g/mol. The molecule has 0 unspecified atom stereocenters. The van der Waals surface area contributed by atoms with Crippen LogP contribution >= 0.6 is 0 Å². The molecule has 1 aromatic heterocycles. The SMILES string of the molecule is CS(=O)(=O)c1ccc2nc(C3CCCCCCC3)[nH]c2c1. The predicted octanol–water partition coefficient (Wildman–Crippen LogP) is 3.79. The number of nitrogens with zero attached hydrogens (tertiary/aromatic N) is 1. The summed E-state index contributed by atoms with van der Waals surface area (Å²) in [4.78, 5) is 8.38. The number of rotatable bonds is 2. The van der Waals surface area contributed by atoms with Crippen molar-refractivity contribution in [2.75, 3.05) is 6.26 Å². The molecule has 21 heavy (non-hydrogen) atoms. The molecule has 0 radical (unpaired) electrons. The predicted molar refractivity (Wildman–Crippen MR) is 84.3 cm³/mol. The molecule has 1 aliphatic carbocycles. The molecule has 5 heteroatoms. The summed E-state index contributed by atoms with van der Waals surface area (Å²) in [6.07, 6.45) is 10.1. The monoisotopic (exact) mass is 306 g/mol. The van der Waals surface area contributed by atoms with Crippen molar-refractivity contribution < 1.29 is 8.42 Å². The van der Waals surface area contributed by atoms with Gasteiger partial charge in [-0.05, 0) is 31.0 Å². The Balaban J connectivity index is 1.92. The summed E-state index contributed by atoms with van der Waals surface area (Å²) in [5.74, 6) is 1.51. The summed E-state index contributed by atoms with van der Waals surface area (Å²) in [7, 11) is -3.17. The zero-order chi connectivity index (χ0) is 14.9. The van der Waals surface area contributed by atoms with E-state index in [1.54, 1.807) is 18.2 Å². The van der Waals surface area contributed by atoms with Gasteiger partial charge < -0.3 is 4.98 Å². The van der Waals surface area contributed by atoms with Crippen LogP contribution in [0.2, 0.25) is 0 Å². The van der Waals surface area contributed by atoms with Crippen LogP contribution in [0, 0.1) is 0 Å². The van der Waals surface area contributed by atoms with E-state index in [0.29, 0.717) is 10.8 Å². The Morgan fingerprint density at radius 1 is 1.10 bits per heavy atom. The number of aromatic amines is 1. The first kappa shape index (κ1) is 14.6. The van der Waals surface area contributed by atoms with Crippen LogP contribution in [-0.4, -0.2) is 24.6 Å². The summed E-state index contributed by atoms with van der Waals surface area (Å²) >= 11 is 0. The highest BCUT2D eigenvalue weighted by Gasteiger charge is 2.18. The quantitative estimate of drug-likeness (QED) is 0.918. The van der Waals surface area contributed by atoms with Gasteiger partial charge in [0.15, 0.2) is 9.84 Å². The Labute approximate surface area is 125 Å². The largest absolute Gasteiger partial charge is 0.342 e. The van der Waals surface area contributed by atoms with Gasteiger partial charge in [0, 0.05) is 12.2 Å². The normalized spacial score (nSPS) is 18.5. The molecule has 1 aliphatic rings. The van der Waals surface area contributed by atoms with E-state index in [4.69, 9.17) is 0 Å². The van der Waals surface area contributed by atoms with Crippen LogP contribution in [0.5, 0.6) is 0 Å². The van der Waals surface area contributed by atoms with E-state index in [2.05, 4.69) is 9.97 Å². The molecular formula is C16H22N2O2S. The maximum Gasteiger partial charge on any atom is 0.175 e. The van der Waals surface area contributed by atoms with Gasteiger partial charge in [0.1, 0.15) is 5.82 Å². The number of hydrogen-bond acceptors (Lipinski definition) is 3. The summed E-state index contributed by atoms with van der Waals surface area (Å²) in [5, 5.41) is 0. The molecule has 1 fully saturated rings. The number of sulfone groups is 1. The lowest BCUT2D eigenvalue weighted by molar-refractivity contribution is 0.445. The number of hydrogen-bond donors (Lipinski definition) is 1. The molecule has 3 rings (SSSR count). The summed E-state index contributed by atoms with van der Waals surface area (Å²) in [6.45, 7) is 0. The minimum Gasteiger partial charge on any atom is -0.342 e. The Bertz CT molecular complexity index is 726. The van der Waals surface area contributed by atoms with Crippen molar-refractivity contribution in [3.8, 4) is 0 Å². The highest BCUT2D eigenvalue weighted by molar-refractivity contribution is 7.90. The lowest BCUT2D eigenvalue weighted by atomic mass is 9.91. The van der Waals surface area contributed by atoms with Crippen molar-refractivity contribution in [2.24, 2.45) is 0 Å². The molecule has 4 nitrogen and oxygen atoms in total. The van der Waals surface area contributed by atoms with Crippen molar-refractivity contribution in [1.29, 1.82) is 0 Å². The van der Waals surface area contributed by atoms with Crippen molar-refractivity contribution in [2.45, 2.75) is 55.8 Å². The summed E-state index contributed by atoms with van der Waals surface area (Å²) in [5.41, 5.74) is 1.69. The maximum absolute atomic E-state index is 11.6. The zero-order valence-electron chi connectivity index (χ0n) is 12.4.